The highest BCUT2D eigenvalue weighted by Gasteiger charge is 2.16. The van der Waals surface area contributed by atoms with Gasteiger partial charge >= 0.3 is 11.9 Å². The van der Waals surface area contributed by atoms with Crippen LogP contribution in [0, 0.1) is 5.41 Å². The molecule has 1 atom stereocenters. The molecule has 0 rings (SSSR count). The molecule has 0 aromatic heterocycles. The summed E-state index contributed by atoms with van der Waals surface area (Å²) in [5.74, 6) is -2.14. The maximum atomic E-state index is 10.8. The van der Waals surface area contributed by atoms with Crippen LogP contribution in [-0.4, -0.2) is 47.2 Å². The third-order valence-electron chi connectivity index (χ3n) is 2.01. The summed E-state index contributed by atoms with van der Waals surface area (Å²) < 4.78 is 0. The maximum absolute atomic E-state index is 10.8. The van der Waals surface area contributed by atoms with E-state index in [-0.39, 0.29) is 43.7 Å². The van der Waals surface area contributed by atoms with Crippen LogP contribution in [-0.2, 0) is 9.59 Å². The summed E-state index contributed by atoms with van der Waals surface area (Å²) in [5.41, 5.74) is 5.06. The summed E-state index contributed by atoms with van der Waals surface area (Å²) in [6.07, 6.45) is 0.751. The highest BCUT2D eigenvalue weighted by molar-refractivity contribution is 5.85. The van der Waals surface area contributed by atoms with E-state index in [4.69, 9.17) is 21.4 Å². The van der Waals surface area contributed by atoms with E-state index >= 15 is 0 Å². The van der Waals surface area contributed by atoms with Crippen molar-refractivity contribution in [2.75, 3.05) is 13.1 Å². The lowest BCUT2D eigenvalue weighted by Crippen LogP contribution is -2.39. The van der Waals surface area contributed by atoms with Crippen molar-refractivity contribution >= 4 is 42.7 Å². The van der Waals surface area contributed by atoms with Crippen LogP contribution in [0.15, 0.2) is 0 Å². The zero-order valence-corrected chi connectivity index (χ0v) is 11.9. The fourth-order valence-corrected chi connectivity index (χ4v) is 1.20. The molecule has 19 heavy (non-hydrogen) atoms. The van der Waals surface area contributed by atoms with Crippen LogP contribution < -0.4 is 16.4 Å². The predicted octanol–water partition coefficient (Wildman–Crippen LogP) is -0.389. The molecule has 0 saturated carbocycles. The van der Waals surface area contributed by atoms with Gasteiger partial charge in [-0.2, -0.15) is 0 Å². The molecule has 0 amide bonds. The van der Waals surface area contributed by atoms with Crippen LogP contribution in [0.3, 0.4) is 0 Å². The first-order chi connectivity index (χ1) is 7.93. The normalized spacial score (nSPS) is 10.5. The third-order valence-corrected chi connectivity index (χ3v) is 2.01. The highest BCUT2D eigenvalue weighted by atomic mass is 35.5. The van der Waals surface area contributed by atoms with Gasteiger partial charge < -0.3 is 26.6 Å². The zero-order valence-electron chi connectivity index (χ0n) is 10.2. The van der Waals surface area contributed by atoms with Gasteiger partial charge in [0.15, 0.2) is 5.96 Å². The molecule has 0 saturated heterocycles. The van der Waals surface area contributed by atoms with Crippen LogP contribution in [0.2, 0.25) is 0 Å². The summed E-state index contributed by atoms with van der Waals surface area (Å²) in [6.45, 7) is 0.534. The van der Waals surface area contributed by atoms with E-state index in [0.29, 0.717) is 19.4 Å². The first-order valence-electron chi connectivity index (χ1n) is 5.19. The summed E-state index contributed by atoms with van der Waals surface area (Å²) in [5, 5.41) is 29.4. The lowest BCUT2D eigenvalue weighted by molar-refractivity contribution is -0.141. The van der Waals surface area contributed by atoms with Gasteiger partial charge in [0.2, 0.25) is 0 Å². The minimum Gasteiger partial charge on any atom is -0.481 e. The maximum Gasteiger partial charge on any atom is 0.320 e. The average molecular weight is 319 g/mol. The van der Waals surface area contributed by atoms with Gasteiger partial charge in [-0.25, -0.2) is 0 Å². The molecule has 0 spiro atoms. The number of nitrogens with two attached hydrogens (primary N) is 1. The second kappa shape index (κ2) is 13.2. The van der Waals surface area contributed by atoms with Gasteiger partial charge in [0.25, 0.3) is 0 Å². The molecule has 0 heterocycles. The molecule has 8 nitrogen and oxygen atoms in total. The number of hydrogen-bond donors (Lipinski definition) is 6. The van der Waals surface area contributed by atoms with E-state index in [9.17, 15) is 9.59 Å². The van der Waals surface area contributed by atoms with E-state index in [1.54, 1.807) is 0 Å². The molecule has 0 radical (unpaired) electrons. The topological polar surface area (TPSA) is 149 Å². The second-order valence-corrected chi connectivity index (χ2v) is 3.47. The van der Waals surface area contributed by atoms with E-state index in [1.807, 2.05) is 0 Å². The van der Waals surface area contributed by atoms with E-state index < -0.39 is 18.0 Å². The number of carboxylic acids is 2. The minimum absolute atomic E-state index is 0. The van der Waals surface area contributed by atoms with Crippen molar-refractivity contribution in [3.63, 3.8) is 0 Å². The zero-order chi connectivity index (χ0) is 13.3. The summed E-state index contributed by atoms with van der Waals surface area (Å²) in [4.78, 5) is 21.1. The standard InChI is InChI=1S/C9H18N4O4.2ClH/c10-9(11)13-4-1-2-6(8(16)17)12-5-3-7(14)15;;/h6,12H,1-5H2,(H,14,15)(H,16,17)(H4,10,11,13);2*1H. The number of carboxylic acid groups (broad SMARTS) is 2. The minimum atomic E-state index is -1.02. The lowest BCUT2D eigenvalue weighted by atomic mass is 10.1. The predicted molar refractivity (Wildman–Crippen MR) is 75.3 cm³/mol. The third kappa shape index (κ3) is 14.7. The summed E-state index contributed by atoms with van der Waals surface area (Å²) >= 11 is 0. The molecule has 114 valence electrons. The summed E-state index contributed by atoms with van der Waals surface area (Å²) in [7, 11) is 0. The van der Waals surface area contributed by atoms with Gasteiger partial charge in [0, 0.05) is 13.1 Å². The Morgan fingerprint density at radius 1 is 1.21 bits per heavy atom. The van der Waals surface area contributed by atoms with Crippen LogP contribution in [0.4, 0.5) is 0 Å². The molecule has 0 aliphatic carbocycles. The van der Waals surface area contributed by atoms with E-state index in [1.165, 1.54) is 0 Å². The smallest absolute Gasteiger partial charge is 0.320 e. The van der Waals surface area contributed by atoms with Crippen molar-refractivity contribution in [2.45, 2.75) is 25.3 Å². The van der Waals surface area contributed by atoms with Gasteiger partial charge in [-0.3, -0.25) is 15.0 Å². The first-order valence-corrected chi connectivity index (χ1v) is 5.19. The Bertz CT molecular complexity index is 291. The largest absolute Gasteiger partial charge is 0.481 e. The highest BCUT2D eigenvalue weighted by Crippen LogP contribution is 1.97. The Morgan fingerprint density at radius 2 is 1.79 bits per heavy atom. The van der Waals surface area contributed by atoms with Gasteiger partial charge in [-0.15, -0.1) is 24.8 Å². The number of nitrogens with one attached hydrogen (secondary N) is 3. The molecular formula is C9H20Cl2N4O4. The van der Waals surface area contributed by atoms with Gasteiger partial charge in [0.1, 0.15) is 6.04 Å². The van der Waals surface area contributed by atoms with Crippen molar-refractivity contribution in [3.8, 4) is 0 Å². The summed E-state index contributed by atoms with van der Waals surface area (Å²) in [6, 6.07) is -0.775. The van der Waals surface area contributed by atoms with Crippen LogP contribution >= 0.6 is 24.8 Å². The number of halogens is 2. The molecule has 0 bridgehead atoms. The molecular weight excluding hydrogens is 299 g/mol. The first kappa shape index (κ1) is 22.9. The Morgan fingerprint density at radius 3 is 2.21 bits per heavy atom. The fraction of sp³-hybridized carbons (Fsp3) is 0.667. The number of aliphatic carboxylic acids is 2. The Balaban J connectivity index is -0.00000128. The second-order valence-electron chi connectivity index (χ2n) is 3.47. The monoisotopic (exact) mass is 318 g/mol. The van der Waals surface area contributed by atoms with Crippen molar-refractivity contribution < 1.29 is 19.8 Å². The molecule has 7 N–H and O–H groups in total. The van der Waals surface area contributed by atoms with Crippen LogP contribution in [0.25, 0.3) is 0 Å². The van der Waals surface area contributed by atoms with Crippen LogP contribution in [0.5, 0.6) is 0 Å². The molecule has 0 aliphatic heterocycles. The number of rotatable bonds is 9. The number of guanidine groups is 1. The van der Waals surface area contributed by atoms with Crippen LogP contribution in [0.1, 0.15) is 19.3 Å². The molecule has 1 unspecified atom stereocenters. The van der Waals surface area contributed by atoms with E-state index in [2.05, 4.69) is 10.6 Å². The number of hydrogen-bond acceptors (Lipinski definition) is 4. The van der Waals surface area contributed by atoms with Crippen molar-refractivity contribution in [1.29, 1.82) is 5.41 Å². The SMILES string of the molecule is Cl.Cl.N=C(N)NCCCC(NCCC(=O)O)C(=O)O. The van der Waals surface area contributed by atoms with Crippen molar-refractivity contribution in [1.82, 2.24) is 10.6 Å². The Labute approximate surface area is 123 Å². The molecule has 0 aromatic carbocycles. The molecule has 0 aliphatic rings. The fourth-order valence-electron chi connectivity index (χ4n) is 1.20. The molecule has 10 heteroatoms. The van der Waals surface area contributed by atoms with Crippen molar-refractivity contribution in [2.24, 2.45) is 5.73 Å². The number of carbonyl (C=O) groups is 2. The Hall–Kier alpha value is -1.25. The van der Waals surface area contributed by atoms with Crippen molar-refractivity contribution in [3.05, 3.63) is 0 Å². The van der Waals surface area contributed by atoms with Gasteiger partial charge in [-0.1, -0.05) is 0 Å². The Kier molecular flexibility index (Phi) is 15.9. The molecule has 0 aromatic rings. The van der Waals surface area contributed by atoms with Gasteiger partial charge in [0.05, 0.1) is 6.42 Å². The quantitative estimate of drug-likeness (QED) is 0.192. The lowest BCUT2D eigenvalue weighted by Gasteiger charge is -2.13. The molecule has 0 fully saturated rings. The van der Waals surface area contributed by atoms with Gasteiger partial charge in [-0.05, 0) is 12.8 Å². The average Bonchev–Trinajstić information content (AvgIpc) is 2.20. The van der Waals surface area contributed by atoms with E-state index in [0.717, 1.165) is 0 Å².